The van der Waals surface area contributed by atoms with Crippen molar-refractivity contribution in [2.75, 3.05) is 0 Å². The van der Waals surface area contributed by atoms with Crippen molar-refractivity contribution in [2.24, 2.45) is 0 Å². The van der Waals surface area contributed by atoms with E-state index in [4.69, 9.17) is 11.6 Å². The summed E-state index contributed by atoms with van der Waals surface area (Å²) < 4.78 is 13.3. The van der Waals surface area contributed by atoms with Crippen LogP contribution in [-0.2, 0) is 4.87 Å². The van der Waals surface area contributed by atoms with Crippen LogP contribution in [0.2, 0.25) is 0 Å². The van der Waals surface area contributed by atoms with E-state index in [0.29, 0.717) is 11.1 Å². The summed E-state index contributed by atoms with van der Waals surface area (Å²) in [5, 5.41) is 0. The molecule has 1 nitrogen and oxygen atoms in total. The number of fused-ring (bicyclic) bond motifs is 2. The minimum atomic E-state index is -1.01. The summed E-state index contributed by atoms with van der Waals surface area (Å²) in [5.41, 5.74) is 3.39. The number of ketones is 1. The molecule has 0 spiro atoms. The summed E-state index contributed by atoms with van der Waals surface area (Å²) in [5.74, 6) is -0.350. The van der Waals surface area contributed by atoms with Crippen molar-refractivity contribution >= 4 is 17.4 Å². The van der Waals surface area contributed by atoms with Gasteiger partial charge in [-0.15, -0.1) is 11.6 Å². The molecule has 0 amide bonds. The van der Waals surface area contributed by atoms with Crippen molar-refractivity contribution < 1.29 is 9.18 Å². The molecule has 0 fully saturated rings. The first-order chi connectivity index (χ1) is 11.1. The zero-order valence-corrected chi connectivity index (χ0v) is 12.8. The summed E-state index contributed by atoms with van der Waals surface area (Å²) in [6.07, 6.45) is 0. The summed E-state index contributed by atoms with van der Waals surface area (Å²) in [7, 11) is 0. The van der Waals surface area contributed by atoms with Gasteiger partial charge in [0.1, 0.15) is 10.7 Å². The molecule has 3 aromatic rings. The molecule has 0 bridgehead atoms. The molecular formula is C20H12ClFO. The number of benzene rings is 3. The molecule has 0 heterocycles. The molecule has 4 rings (SSSR count). The van der Waals surface area contributed by atoms with Gasteiger partial charge in [-0.1, -0.05) is 60.7 Å². The highest BCUT2D eigenvalue weighted by Crippen LogP contribution is 2.49. The van der Waals surface area contributed by atoms with Gasteiger partial charge >= 0.3 is 0 Å². The number of halogens is 2. The second-order valence-corrected chi connectivity index (χ2v) is 6.15. The maximum absolute atomic E-state index is 13.3. The predicted molar refractivity (Wildman–Crippen MR) is 88.5 cm³/mol. The molecule has 3 heteroatoms. The molecule has 23 heavy (non-hydrogen) atoms. The molecule has 1 aliphatic carbocycles. The first-order valence-electron chi connectivity index (χ1n) is 7.31. The topological polar surface area (TPSA) is 17.1 Å². The van der Waals surface area contributed by atoms with Gasteiger partial charge in [-0.2, -0.15) is 0 Å². The number of hydrogen-bond acceptors (Lipinski definition) is 1. The van der Waals surface area contributed by atoms with Crippen LogP contribution in [0.1, 0.15) is 32.6 Å². The fourth-order valence-corrected chi connectivity index (χ4v) is 3.70. The zero-order chi connectivity index (χ0) is 16.0. The van der Waals surface area contributed by atoms with Crippen molar-refractivity contribution in [3.05, 3.63) is 106 Å². The minimum Gasteiger partial charge on any atom is -0.289 e. The average molecular weight is 323 g/mol. The normalized spacial score (nSPS) is 15.0. The van der Waals surface area contributed by atoms with E-state index in [1.54, 1.807) is 24.3 Å². The van der Waals surface area contributed by atoms with Gasteiger partial charge in [0.15, 0.2) is 5.78 Å². The Labute approximate surface area is 138 Å². The second-order valence-electron chi connectivity index (χ2n) is 5.59. The van der Waals surface area contributed by atoms with Gasteiger partial charge in [0.2, 0.25) is 0 Å². The molecule has 0 radical (unpaired) electrons. The van der Waals surface area contributed by atoms with Gasteiger partial charge in [-0.05, 0) is 28.8 Å². The van der Waals surface area contributed by atoms with Crippen LogP contribution in [0.15, 0.2) is 72.8 Å². The van der Waals surface area contributed by atoms with Crippen LogP contribution in [0.5, 0.6) is 0 Å². The van der Waals surface area contributed by atoms with E-state index < -0.39 is 4.87 Å². The second kappa shape index (κ2) is 5.04. The lowest BCUT2D eigenvalue weighted by Gasteiger charge is -2.35. The van der Waals surface area contributed by atoms with Crippen molar-refractivity contribution in [1.29, 1.82) is 0 Å². The van der Waals surface area contributed by atoms with Crippen LogP contribution < -0.4 is 0 Å². The molecule has 112 valence electrons. The molecule has 1 aliphatic rings. The zero-order valence-electron chi connectivity index (χ0n) is 12.1. The highest BCUT2D eigenvalue weighted by Gasteiger charge is 2.43. The third kappa shape index (κ3) is 1.95. The Kier molecular flexibility index (Phi) is 3.10. The van der Waals surface area contributed by atoms with E-state index in [9.17, 15) is 9.18 Å². The van der Waals surface area contributed by atoms with Crippen molar-refractivity contribution in [3.8, 4) is 0 Å². The molecule has 0 atom stereocenters. The minimum absolute atomic E-state index is 0.0328. The highest BCUT2D eigenvalue weighted by molar-refractivity contribution is 6.31. The fourth-order valence-electron chi connectivity index (χ4n) is 3.24. The Morgan fingerprint density at radius 2 is 1.22 bits per heavy atom. The van der Waals surface area contributed by atoms with E-state index in [0.717, 1.165) is 16.7 Å². The molecule has 3 aromatic carbocycles. The van der Waals surface area contributed by atoms with Crippen LogP contribution in [0.25, 0.3) is 0 Å². The molecule has 0 N–H and O–H groups in total. The van der Waals surface area contributed by atoms with Crippen LogP contribution in [0.3, 0.4) is 0 Å². The smallest absolute Gasteiger partial charge is 0.193 e. The summed E-state index contributed by atoms with van der Waals surface area (Å²) >= 11 is 7.10. The summed E-state index contributed by atoms with van der Waals surface area (Å²) in [6, 6.07) is 20.8. The molecular weight excluding hydrogens is 311 g/mol. The maximum Gasteiger partial charge on any atom is 0.193 e. The quantitative estimate of drug-likeness (QED) is 0.582. The number of carbonyl (C=O) groups excluding carboxylic acids is 1. The Bertz CT molecular complexity index is 865. The van der Waals surface area contributed by atoms with Crippen LogP contribution in [-0.4, -0.2) is 5.78 Å². The third-order valence-corrected chi connectivity index (χ3v) is 4.95. The van der Waals surface area contributed by atoms with E-state index in [-0.39, 0.29) is 11.6 Å². The van der Waals surface area contributed by atoms with Crippen molar-refractivity contribution in [3.63, 3.8) is 0 Å². The third-order valence-electron chi connectivity index (χ3n) is 4.33. The van der Waals surface area contributed by atoms with Gasteiger partial charge in [0.25, 0.3) is 0 Å². The Morgan fingerprint density at radius 1 is 0.739 bits per heavy atom. The summed E-state index contributed by atoms with van der Waals surface area (Å²) in [4.78, 5) is 11.8. The van der Waals surface area contributed by atoms with Gasteiger partial charge in [0, 0.05) is 11.1 Å². The molecule has 0 saturated heterocycles. The van der Waals surface area contributed by atoms with Crippen molar-refractivity contribution in [2.45, 2.75) is 4.87 Å². The van der Waals surface area contributed by atoms with Gasteiger partial charge < -0.3 is 0 Å². The van der Waals surface area contributed by atoms with Crippen LogP contribution in [0, 0.1) is 5.82 Å². The lowest BCUT2D eigenvalue weighted by atomic mass is 9.73. The number of rotatable bonds is 1. The molecule has 0 unspecified atom stereocenters. The SMILES string of the molecule is O=C1c2ccccc2C(Cl)(c2ccc(F)cc2)c2ccccc21. The maximum atomic E-state index is 13.3. The van der Waals surface area contributed by atoms with Gasteiger partial charge in [-0.25, -0.2) is 4.39 Å². The number of alkyl halides is 1. The Balaban J connectivity index is 2.09. The lowest BCUT2D eigenvalue weighted by molar-refractivity contribution is 0.103. The molecule has 0 aromatic heterocycles. The number of carbonyl (C=O) groups is 1. The highest BCUT2D eigenvalue weighted by atomic mass is 35.5. The van der Waals surface area contributed by atoms with Crippen LogP contribution >= 0.6 is 11.6 Å². The largest absolute Gasteiger partial charge is 0.289 e. The monoisotopic (exact) mass is 322 g/mol. The summed E-state index contributed by atoms with van der Waals surface area (Å²) in [6.45, 7) is 0. The van der Waals surface area contributed by atoms with E-state index >= 15 is 0 Å². The van der Waals surface area contributed by atoms with E-state index in [2.05, 4.69) is 0 Å². The Hall–Kier alpha value is -2.45. The molecule has 0 aliphatic heterocycles. The fraction of sp³-hybridized carbons (Fsp3) is 0.0500. The average Bonchev–Trinajstić information content (AvgIpc) is 2.60. The number of hydrogen-bond donors (Lipinski definition) is 0. The Morgan fingerprint density at radius 3 is 1.74 bits per heavy atom. The predicted octanol–water partition coefficient (Wildman–Crippen LogP) is 4.90. The van der Waals surface area contributed by atoms with Crippen molar-refractivity contribution in [1.82, 2.24) is 0 Å². The van der Waals surface area contributed by atoms with Crippen LogP contribution in [0.4, 0.5) is 4.39 Å². The van der Waals surface area contributed by atoms with Gasteiger partial charge in [0.05, 0.1) is 0 Å². The lowest BCUT2D eigenvalue weighted by Crippen LogP contribution is -2.32. The van der Waals surface area contributed by atoms with Gasteiger partial charge in [-0.3, -0.25) is 4.79 Å². The first-order valence-corrected chi connectivity index (χ1v) is 7.69. The standard InChI is InChI=1S/C20H12ClFO/c21-20(13-9-11-14(22)12-10-13)17-7-3-1-5-15(17)19(23)16-6-2-4-8-18(16)20/h1-12H. The molecule has 0 saturated carbocycles. The van der Waals surface area contributed by atoms with E-state index in [1.807, 2.05) is 36.4 Å². The van der Waals surface area contributed by atoms with E-state index in [1.165, 1.54) is 12.1 Å². The first kappa shape index (κ1) is 14.2.